The number of aryl methyl sites for hydroxylation is 3. The van der Waals surface area contributed by atoms with Crippen molar-refractivity contribution in [1.29, 1.82) is 0 Å². The number of hydrogen-bond acceptors (Lipinski definition) is 7. The molecule has 0 unspecified atom stereocenters. The van der Waals surface area contributed by atoms with E-state index in [-0.39, 0.29) is 71.9 Å². The monoisotopic (exact) mass is 672 g/mol. The Kier molecular flexibility index (Phi) is 10.1. The minimum atomic E-state index is -4.29. The van der Waals surface area contributed by atoms with Crippen molar-refractivity contribution < 1.29 is 60.1 Å². The quantitative estimate of drug-likeness (QED) is 0.144. The molecule has 4 rings (SSSR count). The van der Waals surface area contributed by atoms with Crippen LogP contribution in [0.5, 0.6) is 0 Å². The molecule has 13 heteroatoms. The molecule has 188 valence electrons. The van der Waals surface area contributed by atoms with Crippen LogP contribution in [0.4, 0.5) is 5.69 Å². The van der Waals surface area contributed by atoms with E-state index in [4.69, 9.17) is 0 Å². The smallest absolute Gasteiger partial charge is 1.00 e. The van der Waals surface area contributed by atoms with Gasteiger partial charge < -0.3 is 0 Å². The fourth-order valence-corrected chi connectivity index (χ4v) is 9.99. The van der Waals surface area contributed by atoms with Gasteiger partial charge in [-0.3, -0.25) is 0 Å². The van der Waals surface area contributed by atoms with Gasteiger partial charge in [0, 0.05) is 0 Å². The van der Waals surface area contributed by atoms with Gasteiger partial charge in [-0.25, -0.2) is 0 Å². The van der Waals surface area contributed by atoms with Crippen LogP contribution in [-0.2, 0) is 26.8 Å². The maximum atomic E-state index is 11.2. The Bertz CT molecular complexity index is 1520. The van der Waals surface area contributed by atoms with Crippen molar-refractivity contribution in [3.05, 3.63) is 56.7 Å². The molecular weight excluding hydrogens is 645 g/mol. The molecule has 36 heavy (non-hydrogen) atoms. The van der Waals surface area contributed by atoms with E-state index in [1.165, 1.54) is 8.72 Å². The summed E-state index contributed by atoms with van der Waals surface area (Å²) in [5.41, 5.74) is 4.29. The van der Waals surface area contributed by atoms with Crippen molar-refractivity contribution in [3.63, 3.8) is 0 Å². The van der Waals surface area contributed by atoms with Gasteiger partial charge in [0.2, 0.25) is 0 Å². The average Bonchev–Trinajstić information content (AvgIpc) is 3.24. The fourth-order valence-electron chi connectivity index (χ4n) is 4.00. The SMILES string of the molecule is Cc1ccc2c(c1)N(CCCS(=O)(=O)[O-])C(=Cc1[se]c3ccc(C)cc3[n+]1CCCS(=O)(=O)[O-])[Se]2.[Na+]. The molecule has 0 saturated carbocycles. The zero-order valence-corrected chi connectivity index (χ0v) is 27.3. The van der Waals surface area contributed by atoms with Crippen LogP contribution in [0.1, 0.15) is 28.5 Å². The molecule has 0 fully saturated rings. The summed E-state index contributed by atoms with van der Waals surface area (Å²) in [5, 5.41) is 0. The molecule has 1 aliphatic heterocycles. The molecule has 0 saturated heterocycles. The van der Waals surface area contributed by atoms with Gasteiger partial charge in [0.25, 0.3) is 0 Å². The zero-order chi connectivity index (χ0) is 25.4. The van der Waals surface area contributed by atoms with Crippen LogP contribution in [0.25, 0.3) is 15.9 Å². The van der Waals surface area contributed by atoms with Gasteiger partial charge in [-0.15, -0.1) is 0 Å². The summed E-state index contributed by atoms with van der Waals surface area (Å²) in [5.74, 6) is -0.822. The van der Waals surface area contributed by atoms with E-state index < -0.39 is 31.7 Å². The Hall–Kier alpha value is -0.491. The summed E-state index contributed by atoms with van der Waals surface area (Å²) in [7, 11) is -8.58. The number of nitrogens with zero attached hydrogens (tertiary/aromatic N) is 2. The van der Waals surface area contributed by atoms with Crippen LogP contribution < -0.4 is 43.5 Å². The van der Waals surface area contributed by atoms with Crippen molar-refractivity contribution in [2.45, 2.75) is 33.2 Å². The van der Waals surface area contributed by atoms with Crippen LogP contribution in [-0.4, -0.2) is 73.5 Å². The Morgan fingerprint density at radius 3 is 2.28 bits per heavy atom. The number of aromatic nitrogens is 1. The third kappa shape index (κ3) is 7.77. The number of benzene rings is 2. The molecule has 0 aliphatic carbocycles. The van der Waals surface area contributed by atoms with Crippen molar-refractivity contribution in [2.24, 2.45) is 0 Å². The van der Waals surface area contributed by atoms with Crippen molar-refractivity contribution in [3.8, 4) is 0 Å². The summed E-state index contributed by atoms with van der Waals surface area (Å²) in [4.78, 5) is 2.12. The van der Waals surface area contributed by atoms with E-state index in [9.17, 15) is 25.9 Å². The van der Waals surface area contributed by atoms with E-state index in [0.29, 0.717) is 13.1 Å². The summed E-state index contributed by atoms with van der Waals surface area (Å²) in [6.45, 7) is 4.86. The first-order valence-electron chi connectivity index (χ1n) is 11.0. The molecule has 3 aromatic rings. The topological polar surface area (TPSA) is 122 Å². The minimum Gasteiger partial charge on any atom is 1.00 e. The minimum absolute atomic E-state index is 0. The van der Waals surface area contributed by atoms with Crippen LogP contribution in [0.3, 0.4) is 0 Å². The summed E-state index contributed by atoms with van der Waals surface area (Å²) < 4.78 is 73.7. The van der Waals surface area contributed by atoms with Crippen LogP contribution in [0.2, 0.25) is 0 Å². The molecule has 0 bridgehead atoms. The molecule has 0 atom stereocenters. The fraction of sp³-hybridized carbons (Fsp3) is 0.348. The number of hydrogen-bond donors (Lipinski definition) is 0. The molecule has 0 N–H and O–H groups in total. The van der Waals surface area contributed by atoms with Gasteiger partial charge in [-0.1, -0.05) is 0 Å². The van der Waals surface area contributed by atoms with Gasteiger partial charge in [0.1, 0.15) is 0 Å². The molecule has 8 nitrogen and oxygen atoms in total. The Morgan fingerprint density at radius 2 is 1.58 bits per heavy atom. The second kappa shape index (κ2) is 12.1. The molecule has 0 amide bonds. The van der Waals surface area contributed by atoms with Crippen molar-refractivity contribution in [2.75, 3.05) is 23.0 Å². The van der Waals surface area contributed by atoms with E-state index >= 15 is 0 Å². The number of fused-ring (bicyclic) bond motifs is 2. The Morgan fingerprint density at radius 1 is 0.944 bits per heavy atom. The Balaban J connectivity index is 0.00000361. The average molecular weight is 671 g/mol. The first-order chi connectivity index (χ1) is 16.4. The van der Waals surface area contributed by atoms with Gasteiger partial charge in [-0.2, -0.15) is 0 Å². The molecular formula is C23H25N2NaO6S2Se2. The first-order valence-corrected chi connectivity index (χ1v) is 17.6. The predicted octanol–water partition coefficient (Wildman–Crippen LogP) is -2.18. The van der Waals surface area contributed by atoms with Crippen molar-refractivity contribution >= 4 is 75.7 Å². The van der Waals surface area contributed by atoms with Crippen LogP contribution >= 0.6 is 0 Å². The van der Waals surface area contributed by atoms with E-state index in [2.05, 4.69) is 51.9 Å². The second-order valence-electron chi connectivity index (χ2n) is 8.50. The van der Waals surface area contributed by atoms with Gasteiger partial charge in [-0.05, 0) is 0 Å². The Labute approximate surface area is 246 Å². The molecule has 1 aliphatic rings. The van der Waals surface area contributed by atoms with E-state index in [1.807, 2.05) is 13.8 Å². The normalized spacial score (nSPS) is 14.9. The molecule has 0 spiro atoms. The van der Waals surface area contributed by atoms with E-state index in [0.717, 1.165) is 31.5 Å². The molecule has 2 heterocycles. The first kappa shape index (κ1) is 30.1. The third-order valence-electron chi connectivity index (χ3n) is 5.57. The number of anilines is 1. The maximum Gasteiger partial charge on any atom is 1.00 e. The standard InChI is InChI=1S/C23H26N2O6S2Se2.Na/c1-16-5-7-20-18(13-16)24(9-3-11-32(26,27)28)22(34-20)15-23-25(10-4-12-33(29,30)31)19-14-17(2)6-8-21(19)35-23;/h5-8,13-15H,3-4,9-12H2,1-2H3,(H-,26,27,28,29,30,31);/q;+1/p-1. The molecule has 2 aromatic carbocycles. The largest absolute Gasteiger partial charge is 1.00 e. The van der Waals surface area contributed by atoms with Gasteiger partial charge in [0.05, 0.1) is 0 Å². The third-order valence-corrected chi connectivity index (χ3v) is 11.8. The zero-order valence-electron chi connectivity index (χ0n) is 20.3. The summed E-state index contributed by atoms with van der Waals surface area (Å²) in [6, 6.07) is 12.5. The van der Waals surface area contributed by atoms with Crippen LogP contribution in [0.15, 0.2) is 41.0 Å². The molecule has 1 aromatic heterocycles. The maximum absolute atomic E-state index is 11.2. The van der Waals surface area contributed by atoms with Gasteiger partial charge in [0.15, 0.2) is 0 Å². The van der Waals surface area contributed by atoms with Crippen LogP contribution in [0, 0.1) is 13.8 Å². The number of rotatable bonds is 9. The molecule has 0 radical (unpaired) electrons. The summed E-state index contributed by atoms with van der Waals surface area (Å²) >= 11 is -0.00561. The summed E-state index contributed by atoms with van der Waals surface area (Å²) in [6.07, 6.45) is 2.61. The van der Waals surface area contributed by atoms with Gasteiger partial charge >= 0.3 is 249 Å². The predicted molar refractivity (Wildman–Crippen MR) is 136 cm³/mol. The van der Waals surface area contributed by atoms with E-state index in [1.54, 1.807) is 0 Å². The second-order valence-corrected chi connectivity index (χ2v) is 16.0. The van der Waals surface area contributed by atoms with Crippen molar-refractivity contribution in [1.82, 2.24) is 0 Å².